The molecule has 0 unspecified atom stereocenters. The predicted octanol–water partition coefficient (Wildman–Crippen LogP) is 2.95. The van der Waals surface area contributed by atoms with Crippen LogP contribution in [0.15, 0.2) is 28.7 Å². The number of thioether (sulfide) groups is 1. The van der Waals surface area contributed by atoms with Gasteiger partial charge in [-0.05, 0) is 31.0 Å². The minimum absolute atomic E-state index is 0.0630. The van der Waals surface area contributed by atoms with Gasteiger partial charge in [-0.1, -0.05) is 28.1 Å². The number of hydrogen-bond acceptors (Lipinski definition) is 4. The van der Waals surface area contributed by atoms with Crippen LogP contribution in [0.4, 0.5) is 0 Å². The minimum Gasteiger partial charge on any atom is -0.459 e. The predicted molar refractivity (Wildman–Crippen MR) is 84.7 cm³/mol. The SMILES string of the molecule is C[C@]12CCC(=O)N1[C@@H](C(=O)OCc1ccc(Br)cc1)CS2. The zero-order valence-corrected chi connectivity index (χ0v) is 14.1. The molecule has 112 valence electrons. The molecule has 0 radical (unpaired) electrons. The lowest BCUT2D eigenvalue weighted by molar-refractivity contribution is -0.154. The van der Waals surface area contributed by atoms with Gasteiger partial charge in [0.05, 0.1) is 4.87 Å². The van der Waals surface area contributed by atoms with Gasteiger partial charge in [-0.15, -0.1) is 11.8 Å². The summed E-state index contributed by atoms with van der Waals surface area (Å²) in [5.74, 6) is 0.388. The second-order valence-electron chi connectivity index (χ2n) is 5.50. The van der Waals surface area contributed by atoms with Crippen LogP contribution in [-0.2, 0) is 20.9 Å². The second kappa shape index (κ2) is 5.65. The third-order valence-corrected chi connectivity index (χ3v) is 6.05. The Bertz CT molecular complexity index is 577. The summed E-state index contributed by atoms with van der Waals surface area (Å²) < 4.78 is 6.38. The quantitative estimate of drug-likeness (QED) is 0.768. The smallest absolute Gasteiger partial charge is 0.330 e. The molecule has 2 aliphatic heterocycles. The topological polar surface area (TPSA) is 46.6 Å². The minimum atomic E-state index is -0.439. The molecule has 2 saturated heterocycles. The molecule has 2 heterocycles. The lowest BCUT2D eigenvalue weighted by Gasteiger charge is -2.29. The Morgan fingerprint density at radius 1 is 1.48 bits per heavy atom. The number of rotatable bonds is 3. The Labute approximate surface area is 136 Å². The van der Waals surface area contributed by atoms with Crippen molar-refractivity contribution in [3.8, 4) is 0 Å². The van der Waals surface area contributed by atoms with Crippen LogP contribution in [0, 0.1) is 0 Å². The first-order valence-corrected chi connectivity index (χ1v) is 8.65. The fraction of sp³-hybridized carbons (Fsp3) is 0.467. The summed E-state index contributed by atoms with van der Waals surface area (Å²) in [5, 5.41) is 0. The van der Waals surface area contributed by atoms with Crippen molar-refractivity contribution in [2.45, 2.75) is 37.3 Å². The second-order valence-corrected chi connectivity index (χ2v) is 7.92. The summed E-state index contributed by atoms with van der Waals surface area (Å²) in [7, 11) is 0. The summed E-state index contributed by atoms with van der Waals surface area (Å²) in [4.78, 5) is 25.8. The normalized spacial score (nSPS) is 27.8. The molecule has 0 aliphatic carbocycles. The van der Waals surface area contributed by atoms with E-state index in [9.17, 15) is 9.59 Å². The van der Waals surface area contributed by atoms with Crippen molar-refractivity contribution in [2.24, 2.45) is 0 Å². The van der Waals surface area contributed by atoms with Gasteiger partial charge >= 0.3 is 5.97 Å². The highest BCUT2D eigenvalue weighted by Crippen LogP contribution is 2.47. The van der Waals surface area contributed by atoms with E-state index < -0.39 is 6.04 Å². The largest absolute Gasteiger partial charge is 0.459 e. The number of halogens is 1. The van der Waals surface area contributed by atoms with Crippen LogP contribution in [0.25, 0.3) is 0 Å². The zero-order valence-electron chi connectivity index (χ0n) is 11.7. The number of nitrogens with zero attached hydrogens (tertiary/aromatic N) is 1. The monoisotopic (exact) mass is 369 g/mol. The molecule has 2 fully saturated rings. The van der Waals surface area contributed by atoms with E-state index >= 15 is 0 Å². The van der Waals surface area contributed by atoms with E-state index in [0.717, 1.165) is 16.5 Å². The van der Waals surface area contributed by atoms with Crippen LogP contribution < -0.4 is 0 Å². The van der Waals surface area contributed by atoms with Gasteiger partial charge in [-0.25, -0.2) is 4.79 Å². The molecule has 4 nitrogen and oxygen atoms in total. The van der Waals surface area contributed by atoms with Gasteiger partial charge in [-0.3, -0.25) is 4.79 Å². The average molecular weight is 370 g/mol. The van der Waals surface area contributed by atoms with Crippen molar-refractivity contribution in [1.29, 1.82) is 0 Å². The van der Waals surface area contributed by atoms with Crippen LogP contribution in [0.3, 0.4) is 0 Å². The highest BCUT2D eigenvalue weighted by molar-refractivity contribution is 9.10. The molecule has 3 rings (SSSR count). The Hall–Kier alpha value is -1.01. The van der Waals surface area contributed by atoms with Crippen LogP contribution in [0.1, 0.15) is 25.3 Å². The lowest BCUT2D eigenvalue weighted by atomic mass is 10.2. The van der Waals surface area contributed by atoms with Gasteiger partial charge < -0.3 is 9.64 Å². The zero-order chi connectivity index (χ0) is 15.0. The molecular weight excluding hydrogens is 354 g/mol. The highest BCUT2D eigenvalue weighted by Gasteiger charge is 2.53. The first-order chi connectivity index (χ1) is 9.99. The van der Waals surface area contributed by atoms with Gasteiger partial charge in [0.2, 0.25) is 5.91 Å². The van der Waals surface area contributed by atoms with Crippen LogP contribution in [-0.4, -0.2) is 33.4 Å². The number of carbonyl (C=O) groups is 2. The molecule has 2 aliphatic rings. The van der Waals surface area contributed by atoms with E-state index in [1.165, 1.54) is 0 Å². The number of esters is 1. The molecule has 1 aromatic rings. The fourth-order valence-corrected chi connectivity index (χ4v) is 4.51. The Kier molecular flexibility index (Phi) is 4.01. The van der Waals surface area contributed by atoms with Crippen molar-refractivity contribution < 1.29 is 14.3 Å². The van der Waals surface area contributed by atoms with Crippen molar-refractivity contribution in [3.05, 3.63) is 34.3 Å². The first-order valence-electron chi connectivity index (χ1n) is 6.87. The van der Waals surface area contributed by atoms with E-state index in [0.29, 0.717) is 12.2 Å². The molecule has 0 saturated carbocycles. The maximum absolute atomic E-state index is 12.3. The standard InChI is InChI=1S/C15H16BrNO3S/c1-15-7-6-13(18)17(15)12(9-21-15)14(19)20-8-10-2-4-11(16)5-3-10/h2-5,12H,6-9H2,1H3/t12-,15+/m1/s1. The summed E-state index contributed by atoms with van der Waals surface area (Å²) in [5.41, 5.74) is 0.938. The third kappa shape index (κ3) is 2.83. The number of benzene rings is 1. The van der Waals surface area contributed by atoms with Gasteiger partial charge in [0.25, 0.3) is 0 Å². The average Bonchev–Trinajstić information content (AvgIpc) is 2.95. The van der Waals surface area contributed by atoms with Gasteiger partial charge in [0.15, 0.2) is 0 Å². The number of hydrogen-bond donors (Lipinski definition) is 0. The van der Waals surface area contributed by atoms with E-state index in [4.69, 9.17) is 4.74 Å². The first kappa shape index (κ1) is 14.9. The molecule has 1 aromatic carbocycles. The van der Waals surface area contributed by atoms with Crippen molar-refractivity contribution in [1.82, 2.24) is 4.90 Å². The van der Waals surface area contributed by atoms with E-state index in [1.54, 1.807) is 16.7 Å². The summed E-state index contributed by atoms with van der Waals surface area (Å²) in [6.45, 7) is 2.27. The number of ether oxygens (including phenoxy) is 1. The lowest BCUT2D eigenvalue weighted by Crippen LogP contribution is -2.46. The molecule has 21 heavy (non-hydrogen) atoms. The van der Waals surface area contributed by atoms with Crippen LogP contribution in [0.2, 0.25) is 0 Å². The maximum atomic E-state index is 12.3. The maximum Gasteiger partial charge on any atom is 0.330 e. The summed E-state index contributed by atoms with van der Waals surface area (Å²) >= 11 is 5.05. The molecule has 6 heteroatoms. The van der Waals surface area contributed by atoms with Gasteiger partial charge in [-0.2, -0.15) is 0 Å². The van der Waals surface area contributed by atoms with Crippen molar-refractivity contribution in [3.63, 3.8) is 0 Å². The fourth-order valence-electron chi connectivity index (χ4n) is 2.83. The number of carbonyl (C=O) groups excluding carboxylic acids is 2. The van der Waals surface area contributed by atoms with E-state index in [2.05, 4.69) is 15.9 Å². The molecule has 0 spiro atoms. The Morgan fingerprint density at radius 3 is 2.90 bits per heavy atom. The summed E-state index contributed by atoms with van der Waals surface area (Å²) in [6, 6.07) is 7.20. The van der Waals surface area contributed by atoms with Crippen molar-refractivity contribution >= 4 is 39.6 Å². The molecule has 0 bridgehead atoms. The molecule has 0 aromatic heterocycles. The van der Waals surface area contributed by atoms with Crippen LogP contribution >= 0.6 is 27.7 Å². The highest BCUT2D eigenvalue weighted by atomic mass is 79.9. The van der Waals surface area contributed by atoms with Gasteiger partial charge in [0, 0.05) is 16.6 Å². The Morgan fingerprint density at radius 2 is 2.19 bits per heavy atom. The number of fused-ring (bicyclic) bond motifs is 1. The third-order valence-electron chi connectivity index (χ3n) is 4.01. The van der Waals surface area contributed by atoms with Gasteiger partial charge in [0.1, 0.15) is 12.6 Å². The van der Waals surface area contributed by atoms with E-state index in [1.807, 2.05) is 31.2 Å². The number of amides is 1. The Balaban J connectivity index is 1.63. The van der Waals surface area contributed by atoms with Crippen molar-refractivity contribution in [2.75, 3.05) is 5.75 Å². The molecule has 2 atom stereocenters. The van der Waals surface area contributed by atoms with Crippen LogP contribution in [0.5, 0.6) is 0 Å². The van der Waals surface area contributed by atoms with E-state index in [-0.39, 0.29) is 23.4 Å². The summed E-state index contributed by atoms with van der Waals surface area (Å²) in [6.07, 6.45) is 1.34. The molecular formula is C15H16BrNO3S. The molecule has 0 N–H and O–H groups in total. The molecule has 1 amide bonds.